The largest absolute Gasteiger partial charge is 0.0847 e. The highest BCUT2D eigenvalue weighted by atomic mass is 14.5. The van der Waals surface area contributed by atoms with Gasteiger partial charge in [-0.15, -0.1) is 0 Å². The van der Waals surface area contributed by atoms with E-state index in [1.54, 1.807) is 25.7 Å². The quantitative estimate of drug-likeness (QED) is 0.514. The molecule has 0 radical (unpaired) electrons. The highest BCUT2D eigenvalue weighted by molar-refractivity contribution is 5.18. The van der Waals surface area contributed by atoms with Gasteiger partial charge in [-0.25, -0.2) is 0 Å². The second-order valence-electron chi connectivity index (χ2n) is 7.77. The summed E-state index contributed by atoms with van der Waals surface area (Å²) < 4.78 is 0. The van der Waals surface area contributed by atoms with Gasteiger partial charge in [-0.1, -0.05) is 31.4 Å². The molecule has 4 aliphatic carbocycles. The third kappa shape index (κ3) is 1.71. The molecule has 0 spiro atoms. The lowest BCUT2D eigenvalue weighted by Crippen LogP contribution is -2.40. The molecular formula is C18H28. The number of rotatable bonds is 0. The van der Waals surface area contributed by atoms with E-state index in [1.807, 2.05) is 5.57 Å². The maximum absolute atomic E-state index is 2.70. The average molecular weight is 244 g/mol. The lowest BCUT2D eigenvalue weighted by atomic mass is 9.56. The highest BCUT2D eigenvalue weighted by Crippen LogP contribution is 2.56. The van der Waals surface area contributed by atoms with Crippen molar-refractivity contribution in [2.24, 2.45) is 35.5 Å². The normalized spacial score (nSPS) is 51.1. The van der Waals surface area contributed by atoms with Gasteiger partial charge in [0.15, 0.2) is 0 Å². The van der Waals surface area contributed by atoms with Crippen LogP contribution in [0.1, 0.15) is 64.7 Å². The lowest BCUT2D eigenvalue weighted by Gasteiger charge is -2.49. The van der Waals surface area contributed by atoms with Crippen molar-refractivity contribution in [3.05, 3.63) is 11.6 Å². The van der Waals surface area contributed by atoms with Crippen LogP contribution in [0.4, 0.5) is 0 Å². The first-order chi connectivity index (χ1) is 8.83. The van der Waals surface area contributed by atoms with E-state index in [2.05, 4.69) is 13.0 Å². The fourth-order valence-electron chi connectivity index (χ4n) is 6.09. The van der Waals surface area contributed by atoms with Crippen LogP contribution in [-0.2, 0) is 0 Å². The number of hydrogen-bond acceptors (Lipinski definition) is 0. The zero-order valence-electron chi connectivity index (χ0n) is 11.9. The summed E-state index contributed by atoms with van der Waals surface area (Å²) in [6.45, 7) is 2.46. The van der Waals surface area contributed by atoms with Gasteiger partial charge in [0.25, 0.3) is 0 Å². The molecule has 0 aromatic heterocycles. The Bertz CT molecular complexity index is 353. The molecule has 0 N–H and O–H groups in total. The summed E-state index contributed by atoms with van der Waals surface area (Å²) in [5.74, 6) is 6.42. The Labute approximate surface area is 112 Å². The second kappa shape index (κ2) is 4.39. The minimum absolute atomic E-state index is 0.965. The van der Waals surface area contributed by atoms with Gasteiger partial charge in [-0.3, -0.25) is 0 Å². The first-order valence-corrected chi connectivity index (χ1v) is 8.52. The average Bonchev–Trinajstić information content (AvgIpc) is 2.86. The minimum Gasteiger partial charge on any atom is -0.0847 e. The first-order valence-electron chi connectivity index (χ1n) is 8.52. The molecular weight excluding hydrogens is 216 g/mol. The van der Waals surface area contributed by atoms with Gasteiger partial charge in [0.1, 0.15) is 0 Å². The van der Waals surface area contributed by atoms with Crippen molar-refractivity contribution in [1.82, 2.24) is 0 Å². The summed E-state index contributed by atoms with van der Waals surface area (Å²) in [6.07, 6.45) is 16.4. The number of fused-ring (bicyclic) bond motifs is 5. The van der Waals surface area contributed by atoms with Crippen LogP contribution in [0.5, 0.6) is 0 Å². The topological polar surface area (TPSA) is 0 Å². The minimum atomic E-state index is 0.965. The van der Waals surface area contributed by atoms with Crippen LogP contribution >= 0.6 is 0 Å². The Hall–Kier alpha value is -0.260. The Morgan fingerprint density at radius 2 is 1.83 bits per heavy atom. The zero-order chi connectivity index (χ0) is 12.1. The maximum Gasteiger partial charge on any atom is -0.0172 e. The molecule has 0 nitrogen and oxygen atoms in total. The summed E-state index contributed by atoms with van der Waals surface area (Å²) in [4.78, 5) is 0. The van der Waals surface area contributed by atoms with Gasteiger partial charge in [0.05, 0.1) is 0 Å². The third-order valence-electron chi connectivity index (χ3n) is 6.89. The second-order valence-corrected chi connectivity index (χ2v) is 7.77. The molecule has 3 fully saturated rings. The standard InChI is InChI=1S/C18H28/c1-12-5-8-16-14(11-12)7-10-17-15-4-2-3-13(15)6-9-18(16)17/h7,12-13,15-18H,2-6,8-11H2,1H3. The van der Waals surface area contributed by atoms with Crippen molar-refractivity contribution in [1.29, 1.82) is 0 Å². The molecule has 0 heteroatoms. The van der Waals surface area contributed by atoms with Crippen molar-refractivity contribution in [3.8, 4) is 0 Å². The van der Waals surface area contributed by atoms with Gasteiger partial charge < -0.3 is 0 Å². The Kier molecular flexibility index (Phi) is 2.82. The number of allylic oxidation sites excluding steroid dienone is 2. The molecule has 0 aromatic rings. The molecule has 0 aromatic carbocycles. The van der Waals surface area contributed by atoms with E-state index >= 15 is 0 Å². The Balaban J connectivity index is 1.60. The zero-order valence-corrected chi connectivity index (χ0v) is 11.9. The van der Waals surface area contributed by atoms with E-state index in [0.717, 1.165) is 35.5 Å². The van der Waals surface area contributed by atoms with Crippen LogP contribution in [0.2, 0.25) is 0 Å². The van der Waals surface area contributed by atoms with E-state index < -0.39 is 0 Å². The van der Waals surface area contributed by atoms with Crippen molar-refractivity contribution in [3.63, 3.8) is 0 Å². The smallest absolute Gasteiger partial charge is 0.0172 e. The van der Waals surface area contributed by atoms with Gasteiger partial charge in [-0.05, 0) is 80.5 Å². The predicted molar refractivity (Wildman–Crippen MR) is 76.3 cm³/mol. The molecule has 3 saturated carbocycles. The summed E-state index contributed by atoms with van der Waals surface area (Å²) in [7, 11) is 0. The monoisotopic (exact) mass is 244 g/mol. The summed E-state index contributed by atoms with van der Waals surface area (Å²) in [6, 6.07) is 0. The summed E-state index contributed by atoms with van der Waals surface area (Å²) in [5.41, 5.74) is 1.88. The van der Waals surface area contributed by atoms with Crippen molar-refractivity contribution < 1.29 is 0 Å². The fourth-order valence-corrected chi connectivity index (χ4v) is 6.09. The number of hydrogen-bond donors (Lipinski definition) is 0. The van der Waals surface area contributed by atoms with Gasteiger partial charge >= 0.3 is 0 Å². The maximum atomic E-state index is 2.70. The van der Waals surface area contributed by atoms with E-state index in [0.29, 0.717) is 0 Å². The van der Waals surface area contributed by atoms with Crippen LogP contribution in [0.15, 0.2) is 11.6 Å². The van der Waals surface area contributed by atoms with Gasteiger partial charge in [0.2, 0.25) is 0 Å². The lowest BCUT2D eigenvalue weighted by molar-refractivity contribution is 0.0597. The Morgan fingerprint density at radius 1 is 0.889 bits per heavy atom. The van der Waals surface area contributed by atoms with E-state index in [9.17, 15) is 0 Å². The fraction of sp³-hybridized carbons (Fsp3) is 0.889. The molecule has 6 unspecified atom stereocenters. The summed E-state index contributed by atoms with van der Waals surface area (Å²) in [5, 5.41) is 0. The summed E-state index contributed by atoms with van der Waals surface area (Å²) >= 11 is 0. The predicted octanol–water partition coefficient (Wildman–Crippen LogP) is 5.20. The van der Waals surface area contributed by atoms with Crippen LogP contribution in [0.3, 0.4) is 0 Å². The molecule has 4 rings (SSSR count). The molecule has 4 aliphatic rings. The molecule has 18 heavy (non-hydrogen) atoms. The van der Waals surface area contributed by atoms with Crippen molar-refractivity contribution in [2.75, 3.05) is 0 Å². The van der Waals surface area contributed by atoms with E-state index in [-0.39, 0.29) is 0 Å². The van der Waals surface area contributed by atoms with E-state index in [1.165, 1.54) is 32.1 Å². The molecule has 0 bridgehead atoms. The first kappa shape index (κ1) is 11.6. The van der Waals surface area contributed by atoms with Crippen molar-refractivity contribution in [2.45, 2.75) is 64.7 Å². The van der Waals surface area contributed by atoms with Crippen LogP contribution in [-0.4, -0.2) is 0 Å². The highest BCUT2D eigenvalue weighted by Gasteiger charge is 2.46. The molecule has 6 atom stereocenters. The van der Waals surface area contributed by atoms with Crippen LogP contribution < -0.4 is 0 Å². The van der Waals surface area contributed by atoms with Crippen LogP contribution in [0.25, 0.3) is 0 Å². The molecule has 0 amide bonds. The SMILES string of the molecule is CC1CCC2C(=CCC3C4CCCC4CCC23)C1. The molecule has 0 heterocycles. The van der Waals surface area contributed by atoms with E-state index in [4.69, 9.17) is 0 Å². The molecule has 0 aliphatic heterocycles. The third-order valence-corrected chi connectivity index (χ3v) is 6.89. The Morgan fingerprint density at radius 3 is 2.78 bits per heavy atom. The van der Waals surface area contributed by atoms with Gasteiger partial charge in [0, 0.05) is 0 Å². The van der Waals surface area contributed by atoms with Gasteiger partial charge in [-0.2, -0.15) is 0 Å². The van der Waals surface area contributed by atoms with Crippen molar-refractivity contribution >= 4 is 0 Å². The molecule has 0 saturated heterocycles. The molecule has 100 valence electrons. The van der Waals surface area contributed by atoms with Crippen LogP contribution in [0, 0.1) is 35.5 Å².